The minimum atomic E-state index is 0.752. The summed E-state index contributed by atoms with van der Waals surface area (Å²) in [4.78, 5) is 7.61. The average Bonchev–Trinajstić information content (AvgIpc) is 3.31. The Kier molecular flexibility index (Phi) is 8.61. The van der Waals surface area contributed by atoms with E-state index in [1.54, 1.807) is 0 Å². The first-order valence-electron chi connectivity index (χ1n) is 10.3. The molecule has 5 heteroatoms. The summed E-state index contributed by atoms with van der Waals surface area (Å²) in [5.74, 6) is 0.752. The number of benzene rings is 2. The number of hydrogen-bond donors (Lipinski definition) is 0. The highest BCUT2D eigenvalue weighted by molar-refractivity contribution is 7.97. The van der Waals surface area contributed by atoms with Gasteiger partial charge in [0.15, 0.2) is 0 Å². The molecule has 0 bridgehead atoms. The average molecular weight is 445 g/mol. The SMILES string of the molecule is CC.Cc1ccc(SN2Cc3nc(-c4ccc(CCCCCl)cc4)sc3C2)cc1. The van der Waals surface area contributed by atoms with E-state index >= 15 is 0 Å². The van der Waals surface area contributed by atoms with E-state index in [-0.39, 0.29) is 0 Å². The predicted octanol–water partition coefficient (Wildman–Crippen LogP) is 7.73. The van der Waals surface area contributed by atoms with Gasteiger partial charge in [0.1, 0.15) is 5.01 Å². The van der Waals surface area contributed by atoms with E-state index in [0.29, 0.717) is 0 Å². The zero-order valence-electron chi connectivity index (χ0n) is 17.5. The van der Waals surface area contributed by atoms with Crippen LogP contribution in [0.2, 0.25) is 0 Å². The summed E-state index contributed by atoms with van der Waals surface area (Å²) in [5.41, 5.74) is 5.15. The van der Waals surface area contributed by atoms with Crippen molar-refractivity contribution in [2.45, 2.75) is 58.0 Å². The van der Waals surface area contributed by atoms with E-state index < -0.39 is 0 Å². The van der Waals surface area contributed by atoms with Crippen LogP contribution in [-0.2, 0) is 19.5 Å². The first-order chi connectivity index (χ1) is 14.2. The zero-order valence-corrected chi connectivity index (χ0v) is 19.8. The molecule has 0 fully saturated rings. The second kappa shape index (κ2) is 11.2. The van der Waals surface area contributed by atoms with Crippen LogP contribution in [0, 0.1) is 6.92 Å². The van der Waals surface area contributed by atoms with Crippen molar-refractivity contribution < 1.29 is 0 Å². The first-order valence-corrected chi connectivity index (χ1v) is 12.5. The van der Waals surface area contributed by atoms with Gasteiger partial charge in [-0.2, -0.15) is 0 Å². The minimum absolute atomic E-state index is 0.752. The van der Waals surface area contributed by atoms with E-state index in [4.69, 9.17) is 16.6 Å². The van der Waals surface area contributed by atoms with Crippen LogP contribution in [0.4, 0.5) is 0 Å². The van der Waals surface area contributed by atoms with Crippen LogP contribution in [-0.4, -0.2) is 15.2 Å². The van der Waals surface area contributed by atoms with Crippen LogP contribution in [0.15, 0.2) is 53.4 Å². The first kappa shape index (κ1) is 22.4. The molecule has 2 nitrogen and oxygen atoms in total. The molecule has 0 unspecified atom stereocenters. The van der Waals surface area contributed by atoms with Gasteiger partial charge in [-0.3, -0.25) is 0 Å². The number of hydrogen-bond acceptors (Lipinski definition) is 4. The Balaban J connectivity index is 0.00000117. The molecule has 0 saturated heterocycles. The van der Waals surface area contributed by atoms with Gasteiger partial charge in [0.2, 0.25) is 0 Å². The lowest BCUT2D eigenvalue weighted by atomic mass is 10.1. The van der Waals surface area contributed by atoms with E-state index in [2.05, 4.69) is 59.8 Å². The van der Waals surface area contributed by atoms with Crippen molar-refractivity contribution in [2.24, 2.45) is 0 Å². The Morgan fingerprint density at radius 1 is 1.00 bits per heavy atom. The van der Waals surface area contributed by atoms with Crippen molar-refractivity contribution in [3.8, 4) is 10.6 Å². The molecule has 0 radical (unpaired) electrons. The molecule has 3 aromatic rings. The highest BCUT2D eigenvalue weighted by Gasteiger charge is 2.24. The van der Waals surface area contributed by atoms with Crippen LogP contribution in [0.1, 0.15) is 48.4 Å². The summed E-state index contributed by atoms with van der Waals surface area (Å²) in [7, 11) is 0. The van der Waals surface area contributed by atoms with Gasteiger partial charge in [-0.25, -0.2) is 9.29 Å². The molecular weight excluding hydrogens is 416 g/mol. The Labute approximate surface area is 188 Å². The van der Waals surface area contributed by atoms with Crippen molar-refractivity contribution >= 4 is 34.9 Å². The molecule has 0 N–H and O–H groups in total. The van der Waals surface area contributed by atoms with Gasteiger partial charge in [-0.05, 0) is 55.8 Å². The molecular formula is C24H29ClN2S2. The summed E-state index contributed by atoms with van der Waals surface area (Å²) in [6.45, 7) is 8.02. The standard InChI is InChI=1S/C22H23ClN2S2.C2H6/c1-16-5-11-19(12-6-16)27-25-14-20-21(15-25)26-22(24-20)18-9-7-17(8-10-18)4-2-3-13-23;1-2/h5-12H,2-4,13-15H2,1H3;1-2H3. The second-order valence-electron chi connectivity index (χ2n) is 6.93. The second-order valence-corrected chi connectivity index (χ2v) is 9.57. The molecule has 154 valence electrons. The maximum absolute atomic E-state index is 5.76. The molecule has 0 saturated carbocycles. The molecule has 1 aromatic heterocycles. The number of halogens is 1. The van der Waals surface area contributed by atoms with Crippen LogP contribution in [0.5, 0.6) is 0 Å². The fourth-order valence-electron chi connectivity index (χ4n) is 3.19. The highest BCUT2D eigenvalue weighted by Crippen LogP contribution is 2.38. The van der Waals surface area contributed by atoms with Gasteiger partial charge >= 0.3 is 0 Å². The quantitative estimate of drug-likeness (QED) is 0.210. The normalized spacial score (nSPS) is 13.1. The van der Waals surface area contributed by atoms with Crippen molar-refractivity contribution in [3.63, 3.8) is 0 Å². The Hall–Kier alpha value is -1.33. The van der Waals surface area contributed by atoms with Crippen molar-refractivity contribution in [1.82, 2.24) is 9.29 Å². The maximum atomic E-state index is 5.76. The van der Waals surface area contributed by atoms with Crippen LogP contribution in [0.25, 0.3) is 10.6 Å². The van der Waals surface area contributed by atoms with E-state index in [0.717, 1.165) is 43.2 Å². The number of nitrogens with zero attached hydrogens (tertiary/aromatic N) is 2. The lowest BCUT2D eigenvalue weighted by molar-refractivity contribution is 0.506. The topological polar surface area (TPSA) is 16.1 Å². The van der Waals surface area contributed by atoms with Gasteiger partial charge in [0.05, 0.1) is 12.2 Å². The molecule has 0 atom stereocenters. The zero-order chi connectivity index (χ0) is 20.6. The van der Waals surface area contributed by atoms with E-state index in [1.165, 1.54) is 32.2 Å². The molecule has 0 spiro atoms. The minimum Gasteiger partial charge on any atom is -0.239 e. The largest absolute Gasteiger partial charge is 0.239 e. The summed E-state index contributed by atoms with van der Waals surface area (Å²) in [5, 5.41) is 1.15. The Morgan fingerprint density at radius 2 is 1.72 bits per heavy atom. The van der Waals surface area contributed by atoms with Crippen molar-refractivity contribution in [2.75, 3.05) is 5.88 Å². The molecule has 29 heavy (non-hydrogen) atoms. The number of aryl methyl sites for hydroxylation is 2. The Bertz CT molecular complexity index is 865. The number of unbranched alkanes of at least 4 members (excludes halogenated alkanes) is 1. The molecule has 2 aromatic carbocycles. The number of rotatable bonds is 7. The molecule has 1 aliphatic rings. The third kappa shape index (κ3) is 6.08. The summed E-state index contributed by atoms with van der Waals surface area (Å²) < 4.78 is 2.39. The van der Waals surface area contributed by atoms with Crippen molar-refractivity contribution in [3.05, 3.63) is 70.2 Å². The molecule has 4 rings (SSSR count). The summed E-state index contributed by atoms with van der Waals surface area (Å²) in [6, 6.07) is 17.6. The molecule has 0 aliphatic carbocycles. The third-order valence-electron chi connectivity index (χ3n) is 4.73. The third-order valence-corrected chi connectivity index (χ3v) is 7.13. The van der Waals surface area contributed by atoms with Gasteiger partial charge in [-0.15, -0.1) is 22.9 Å². The van der Waals surface area contributed by atoms with Gasteiger partial charge in [-0.1, -0.05) is 55.8 Å². The van der Waals surface area contributed by atoms with E-state index in [1.807, 2.05) is 37.1 Å². The molecule has 0 amide bonds. The number of alkyl halides is 1. The summed E-state index contributed by atoms with van der Waals surface area (Å²) in [6.07, 6.45) is 3.34. The molecule has 2 heterocycles. The highest BCUT2D eigenvalue weighted by atomic mass is 35.5. The van der Waals surface area contributed by atoms with Crippen LogP contribution >= 0.6 is 34.9 Å². The van der Waals surface area contributed by atoms with Crippen LogP contribution < -0.4 is 0 Å². The lowest BCUT2D eigenvalue weighted by Gasteiger charge is -2.13. The monoisotopic (exact) mass is 444 g/mol. The number of thiazole rings is 1. The van der Waals surface area contributed by atoms with Gasteiger partial charge in [0, 0.05) is 27.8 Å². The fraction of sp³-hybridized carbons (Fsp3) is 0.375. The fourth-order valence-corrected chi connectivity index (χ4v) is 5.49. The van der Waals surface area contributed by atoms with E-state index in [9.17, 15) is 0 Å². The van der Waals surface area contributed by atoms with Gasteiger partial charge < -0.3 is 0 Å². The van der Waals surface area contributed by atoms with Crippen LogP contribution in [0.3, 0.4) is 0 Å². The smallest absolute Gasteiger partial charge is 0.123 e. The maximum Gasteiger partial charge on any atom is 0.123 e. The van der Waals surface area contributed by atoms with Crippen molar-refractivity contribution in [1.29, 1.82) is 0 Å². The summed E-state index contributed by atoms with van der Waals surface area (Å²) >= 11 is 9.42. The number of fused-ring (bicyclic) bond motifs is 1. The van der Waals surface area contributed by atoms with Gasteiger partial charge in [0.25, 0.3) is 0 Å². The number of aromatic nitrogens is 1. The predicted molar refractivity (Wildman–Crippen MR) is 129 cm³/mol. The Morgan fingerprint density at radius 3 is 2.38 bits per heavy atom. The lowest BCUT2D eigenvalue weighted by Crippen LogP contribution is -2.06. The molecule has 1 aliphatic heterocycles.